The van der Waals surface area contributed by atoms with E-state index >= 15 is 0 Å². The van der Waals surface area contributed by atoms with Gasteiger partial charge in [-0.25, -0.2) is 0 Å². The van der Waals surface area contributed by atoms with Crippen LogP contribution in [0.5, 0.6) is 0 Å². The lowest BCUT2D eigenvalue weighted by atomic mass is 9.56. The highest BCUT2D eigenvalue weighted by Crippen LogP contribution is 2.59. The standard InChI is InChI=1S/C24H37NO3/c1-14(3-12-24(25)27)18-8-9-23-20(18)10-11-21-19-7-5-17(28-15(2)26)13-16(19)4-6-22(21)23/h4,14,17-23H,3,5-13H2,1-2H3,(H2,25,27). The van der Waals surface area contributed by atoms with Crippen LogP contribution in [-0.4, -0.2) is 18.0 Å². The molecule has 0 aliphatic heterocycles. The topological polar surface area (TPSA) is 69.4 Å². The van der Waals surface area contributed by atoms with Gasteiger partial charge in [-0.15, -0.1) is 0 Å². The van der Waals surface area contributed by atoms with Gasteiger partial charge in [-0.2, -0.15) is 0 Å². The van der Waals surface area contributed by atoms with Crippen molar-refractivity contribution in [2.75, 3.05) is 0 Å². The first kappa shape index (κ1) is 20.0. The van der Waals surface area contributed by atoms with Crippen molar-refractivity contribution < 1.29 is 14.3 Å². The maximum Gasteiger partial charge on any atom is 0.302 e. The molecule has 8 atom stereocenters. The Hall–Kier alpha value is -1.32. The number of nitrogens with two attached hydrogens (primary N) is 1. The van der Waals surface area contributed by atoms with E-state index in [0.29, 0.717) is 12.3 Å². The van der Waals surface area contributed by atoms with Crippen LogP contribution in [-0.2, 0) is 14.3 Å². The number of carbonyl (C=O) groups is 2. The first-order valence-electron chi connectivity index (χ1n) is 11.6. The Morgan fingerprint density at radius 3 is 2.57 bits per heavy atom. The largest absolute Gasteiger partial charge is 0.462 e. The number of ether oxygens (including phenoxy) is 1. The molecule has 3 saturated carbocycles. The molecule has 0 aromatic rings. The maximum absolute atomic E-state index is 11.3. The second-order valence-electron chi connectivity index (χ2n) is 10.1. The quantitative estimate of drug-likeness (QED) is 0.553. The third kappa shape index (κ3) is 3.89. The fourth-order valence-corrected chi connectivity index (χ4v) is 7.56. The zero-order valence-corrected chi connectivity index (χ0v) is 17.6. The SMILES string of the molecule is CC(=O)OC1CCC2C(=CCC3C2CCC2C(C(C)CCC(N)=O)CCC23)C1. The summed E-state index contributed by atoms with van der Waals surface area (Å²) in [6.45, 7) is 3.87. The van der Waals surface area contributed by atoms with Gasteiger partial charge in [-0.1, -0.05) is 18.6 Å². The number of carbonyl (C=O) groups excluding carboxylic acids is 2. The summed E-state index contributed by atoms with van der Waals surface area (Å²) in [7, 11) is 0. The average Bonchev–Trinajstić information content (AvgIpc) is 3.09. The first-order valence-corrected chi connectivity index (χ1v) is 11.6. The molecule has 0 bridgehead atoms. The van der Waals surface area contributed by atoms with Crippen molar-refractivity contribution in [3.63, 3.8) is 0 Å². The molecule has 4 aliphatic rings. The maximum atomic E-state index is 11.3. The van der Waals surface area contributed by atoms with Crippen LogP contribution in [0.1, 0.15) is 78.1 Å². The van der Waals surface area contributed by atoms with Gasteiger partial charge in [0.1, 0.15) is 6.10 Å². The lowest BCUT2D eigenvalue weighted by molar-refractivity contribution is -0.147. The first-order chi connectivity index (χ1) is 13.4. The number of hydrogen-bond acceptors (Lipinski definition) is 3. The summed E-state index contributed by atoms with van der Waals surface area (Å²) >= 11 is 0. The van der Waals surface area contributed by atoms with Crippen LogP contribution in [0.3, 0.4) is 0 Å². The van der Waals surface area contributed by atoms with E-state index in [4.69, 9.17) is 10.5 Å². The minimum atomic E-state index is -0.153. The van der Waals surface area contributed by atoms with E-state index in [1.54, 1.807) is 5.57 Å². The van der Waals surface area contributed by atoms with E-state index in [0.717, 1.165) is 54.8 Å². The van der Waals surface area contributed by atoms with Gasteiger partial charge in [0.05, 0.1) is 0 Å². The minimum absolute atomic E-state index is 0.106. The molecule has 1 amide bonds. The Bertz CT molecular complexity index is 642. The molecule has 4 aliphatic carbocycles. The van der Waals surface area contributed by atoms with Crippen molar-refractivity contribution in [1.29, 1.82) is 0 Å². The van der Waals surface area contributed by atoms with E-state index in [1.807, 2.05) is 0 Å². The molecule has 4 heteroatoms. The molecule has 8 unspecified atom stereocenters. The number of allylic oxidation sites excluding steroid dienone is 1. The van der Waals surface area contributed by atoms with Crippen LogP contribution < -0.4 is 5.73 Å². The summed E-state index contributed by atoms with van der Waals surface area (Å²) in [5, 5.41) is 0. The lowest BCUT2D eigenvalue weighted by Gasteiger charge is -2.50. The zero-order valence-electron chi connectivity index (χ0n) is 17.6. The molecule has 0 heterocycles. The van der Waals surface area contributed by atoms with E-state index in [2.05, 4.69) is 13.0 Å². The average molecular weight is 388 g/mol. The van der Waals surface area contributed by atoms with Crippen molar-refractivity contribution in [3.8, 4) is 0 Å². The van der Waals surface area contributed by atoms with Crippen LogP contribution in [0.2, 0.25) is 0 Å². The van der Waals surface area contributed by atoms with Crippen LogP contribution in [0.25, 0.3) is 0 Å². The molecule has 156 valence electrons. The lowest BCUT2D eigenvalue weighted by Crippen LogP contribution is -2.42. The van der Waals surface area contributed by atoms with Crippen molar-refractivity contribution in [3.05, 3.63) is 11.6 Å². The summed E-state index contributed by atoms with van der Waals surface area (Å²) in [6.07, 6.45) is 14.0. The molecule has 0 aromatic heterocycles. The van der Waals surface area contributed by atoms with Gasteiger partial charge >= 0.3 is 5.97 Å². The van der Waals surface area contributed by atoms with Crippen molar-refractivity contribution in [2.45, 2.75) is 84.2 Å². The van der Waals surface area contributed by atoms with Gasteiger partial charge < -0.3 is 10.5 Å². The summed E-state index contributed by atoms with van der Waals surface area (Å²) in [4.78, 5) is 22.5. The zero-order chi connectivity index (χ0) is 19.8. The predicted molar refractivity (Wildman–Crippen MR) is 109 cm³/mol. The van der Waals surface area contributed by atoms with Gasteiger partial charge in [0, 0.05) is 19.8 Å². The third-order valence-electron chi connectivity index (χ3n) is 8.68. The summed E-state index contributed by atoms with van der Waals surface area (Å²) in [5.74, 6) is 5.28. The van der Waals surface area contributed by atoms with Crippen molar-refractivity contribution in [1.82, 2.24) is 0 Å². The molecule has 2 N–H and O–H groups in total. The molecular formula is C24H37NO3. The highest BCUT2D eigenvalue weighted by molar-refractivity contribution is 5.73. The Morgan fingerprint density at radius 2 is 1.82 bits per heavy atom. The Kier molecular flexibility index (Phi) is 5.85. The van der Waals surface area contributed by atoms with Crippen LogP contribution in [0, 0.1) is 41.4 Å². The number of esters is 1. The molecule has 0 aromatic carbocycles. The van der Waals surface area contributed by atoms with E-state index in [-0.39, 0.29) is 18.0 Å². The Balaban J connectivity index is 1.41. The van der Waals surface area contributed by atoms with E-state index < -0.39 is 0 Å². The molecule has 4 nitrogen and oxygen atoms in total. The monoisotopic (exact) mass is 387 g/mol. The molecular weight excluding hydrogens is 350 g/mol. The minimum Gasteiger partial charge on any atom is -0.462 e. The number of primary amides is 1. The number of fused-ring (bicyclic) bond motifs is 5. The number of amides is 1. The summed E-state index contributed by atoms with van der Waals surface area (Å²) < 4.78 is 5.51. The summed E-state index contributed by atoms with van der Waals surface area (Å²) in [6, 6.07) is 0. The van der Waals surface area contributed by atoms with Gasteiger partial charge in [0.2, 0.25) is 5.91 Å². The molecule has 4 rings (SSSR count). The number of rotatable bonds is 5. The van der Waals surface area contributed by atoms with Crippen molar-refractivity contribution in [2.24, 2.45) is 47.2 Å². The Morgan fingerprint density at radius 1 is 1.07 bits per heavy atom. The van der Waals surface area contributed by atoms with Gasteiger partial charge in [-0.05, 0) is 92.8 Å². The predicted octanol–water partition coefficient (Wildman–Crippen LogP) is 4.62. The molecule has 0 radical (unpaired) electrons. The second-order valence-corrected chi connectivity index (χ2v) is 10.1. The van der Waals surface area contributed by atoms with E-state index in [1.165, 1.54) is 45.4 Å². The highest BCUT2D eigenvalue weighted by Gasteiger charge is 2.50. The van der Waals surface area contributed by atoms with Crippen LogP contribution in [0.4, 0.5) is 0 Å². The fourth-order valence-electron chi connectivity index (χ4n) is 7.56. The van der Waals surface area contributed by atoms with E-state index in [9.17, 15) is 9.59 Å². The Labute approximate surface area is 169 Å². The van der Waals surface area contributed by atoms with Gasteiger partial charge in [0.15, 0.2) is 0 Å². The van der Waals surface area contributed by atoms with Gasteiger partial charge in [-0.3, -0.25) is 9.59 Å². The number of hydrogen-bond donors (Lipinski definition) is 1. The highest BCUT2D eigenvalue weighted by atomic mass is 16.5. The second kappa shape index (κ2) is 8.20. The van der Waals surface area contributed by atoms with Crippen LogP contribution in [0.15, 0.2) is 11.6 Å². The van der Waals surface area contributed by atoms with Crippen molar-refractivity contribution >= 4 is 11.9 Å². The molecule has 0 spiro atoms. The summed E-state index contributed by atoms with van der Waals surface area (Å²) in [5.41, 5.74) is 6.97. The third-order valence-corrected chi connectivity index (χ3v) is 8.68. The molecule has 3 fully saturated rings. The smallest absolute Gasteiger partial charge is 0.302 e. The van der Waals surface area contributed by atoms with Crippen LogP contribution >= 0.6 is 0 Å². The normalized spacial score (nSPS) is 40.5. The molecule has 0 saturated heterocycles. The molecule has 28 heavy (non-hydrogen) atoms. The van der Waals surface area contributed by atoms with Gasteiger partial charge in [0.25, 0.3) is 0 Å². The fraction of sp³-hybridized carbons (Fsp3) is 0.833.